The highest BCUT2D eigenvalue weighted by Gasteiger charge is 2.11. The molecule has 0 amide bonds. The van der Waals surface area contributed by atoms with Gasteiger partial charge in [0.05, 0.1) is 19.8 Å². The van der Waals surface area contributed by atoms with E-state index in [0.717, 1.165) is 24.3 Å². The number of aryl methyl sites for hydroxylation is 1. The number of hydrogen-bond acceptors (Lipinski definition) is 6. The summed E-state index contributed by atoms with van der Waals surface area (Å²) in [6.07, 6.45) is 1.67. The lowest BCUT2D eigenvalue weighted by Crippen LogP contribution is -2.32. The van der Waals surface area contributed by atoms with E-state index in [0.29, 0.717) is 32.4 Å². The summed E-state index contributed by atoms with van der Waals surface area (Å²) in [5, 5.41) is 9.16. The highest BCUT2D eigenvalue weighted by Crippen LogP contribution is 2.11. The fourth-order valence-corrected chi connectivity index (χ4v) is 1.74. The Hall–Kier alpha value is -1.24. The minimum atomic E-state index is -0.0377. The minimum absolute atomic E-state index is 0.0377. The van der Waals surface area contributed by atoms with Crippen LogP contribution in [0.2, 0.25) is 0 Å². The van der Waals surface area contributed by atoms with Crippen LogP contribution < -0.4 is 4.90 Å². The first-order chi connectivity index (χ1) is 9.72. The Labute approximate surface area is 120 Å². The zero-order valence-electron chi connectivity index (χ0n) is 12.6. The van der Waals surface area contributed by atoms with Crippen molar-refractivity contribution < 1.29 is 14.6 Å². The Morgan fingerprint density at radius 3 is 2.20 bits per heavy atom. The molecule has 0 bridgehead atoms. The largest absolute Gasteiger partial charge is 0.392 e. The van der Waals surface area contributed by atoms with Gasteiger partial charge in [0.1, 0.15) is 0 Å². The Kier molecular flexibility index (Phi) is 8.10. The molecule has 1 aromatic heterocycles. The smallest absolute Gasteiger partial charge is 0.225 e. The van der Waals surface area contributed by atoms with Gasteiger partial charge in [0, 0.05) is 43.8 Å². The van der Waals surface area contributed by atoms with Crippen molar-refractivity contribution in [3.63, 3.8) is 0 Å². The highest BCUT2D eigenvalue weighted by molar-refractivity contribution is 5.32. The van der Waals surface area contributed by atoms with E-state index in [-0.39, 0.29) is 6.61 Å². The van der Waals surface area contributed by atoms with Gasteiger partial charge in [0.2, 0.25) is 5.95 Å². The molecule has 114 valence electrons. The summed E-state index contributed by atoms with van der Waals surface area (Å²) in [7, 11) is 0. The van der Waals surface area contributed by atoms with Gasteiger partial charge in [-0.05, 0) is 20.8 Å². The number of aromatic nitrogens is 2. The third-order valence-corrected chi connectivity index (χ3v) is 2.94. The van der Waals surface area contributed by atoms with Gasteiger partial charge >= 0.3 is 0 Å². The van der Waals surface area contributed by atoms with Crippen LogP contribution in [0.4, 0.5) is 5.95 Å². The predicted molar refractivity (Wildman–Crippen MR) is 77.9 cm³/mol. The molecule has 0 aliphatic carbocycles. The van der Waals surface area contributed by atoms with Crippen LogP contribution in [0, 0.1) is 6.92 Å². The van der Waals surface area contributed by atoms with E-state index >= 15 is 0 Å². The molecule has 1 N–H and O–H groups in total. The standard InChI is InChI=1S/C14H25N3O3/c1-4-19-8-6-17(7-9-20-5-2)14-15-10-13(11-18)12(3)16-14/h10,18H,4-9,11H2,1-3H3. The second-order valence-electron chi connectivity index (χ2n) is 4.32. The molecule has 1 rings (SSSR count). The van der Waals surface area contributed by atoms with E-state index < -0.39 is 0 Å². The molecule has 0 atom stereocenters. The number of aliphatic hydroxyl groups excluding tert-OH is 1. The van der Waals surface area contributed by atoms with Gasteiger partial charge in [0.25, 0.3) is 0 Å². The summed E-state index contributed by atoms with van der Waals surface area (Å²) in [5.74, 6) is 0.652. The van der Waals surface area contributed by atoms with Crippen LogP contribution in [0.1, 0.15) is 25.1 Å². The van der Waals surface area contributed by atoms with Crippen molar-refractivity contribution >= 4 is 5.95 Å². The van der Waals surface area contributed by atoms with Crippen LogP contribution in [0.15, 0.2) is 6.20 Å². The molecule has 1 heterocycles. The van der Waals surface area contributed by atoms with Crippen molar-refractivity contribution in [1.29, 1.82) is 0 Å². The molecular formula is C14H25N3O3. The zero-order chi connectivity index (χ0) is 14.8. The van der Waals surface area contributed by atoms with Crippen molar-refractivity contribution in [3.8, 4) is 0 Å². The predicted octanol–water partition coefficient (Wildman–Crippen LogP) is 1.16. The first-order valence-corrected chi connectivity index (χ1v) is 7.06. The minimum Gasteiger partial charge on any atom is -0.392 e. The van der Waals surface area contributed by atoms with Crippen LogP contribution in [0.3, 0.4) is 0 Å². The number of nitrogens with zero attached hydrogens (tertiary/aromatic N) is 3. The number of aliphatic hydroxyl groups is 1. The lowest BCUT2D eigenvalue weighted by molar-refractivity contribution is 0.141. The number of anilines is 1. The molecular weight excluding hydrogens is 258 g/mol. The van der Waals surface area contributed by atoms with E-state index in [1.54, 1.807) is 6.20 Å². The SMILES string of the molecule is CCOCCN(CCOCC)c1ncc(CO)c(C)n1. The lowest BCUT2D eigenvalue weighted by Gasteiger charge is -2.23. The van der Waals surface area contributed by atoms with Gasteiger partial charge in [-0.2, -0.15) is 0 Å². The molecule has 0 fully saturated rings. The van der Waals surface area contributed by atoms with Crippen LogP contribution in [-0.4, -0.2) is 54.6 Å². The average molecular weight is 283 g/mol. The average Bonchev–Trinajstić information content (AvgIpc) is 2.46. The number of hydrogen-bond donors (Lipinski definition) is 1. The second kappa shape index (κ2) is 9.63. The van der Waals surface area contributed by atoms with Gasteiger partial charge in [-0.3, -0.25) is 0 Å². The molecule has 1 aromatic rings. The molecule has 0 radical (unpaired) electrons. The Morgan fingerprint density at radius 1 is 1.15 bits per heavy atom. The summed E-state index contributed by atoms with van der Waals surface area (Å²) in [6, 6.07) is 0. The lowest BCUT2D eigenvalue weighted by atomic mass is 10.2. The van der Waals surface area contributed by atoms with Crippen LogP contribution in [0.5, 0.6) is 0 Å². The maximum Gasteiger partial charge on any atom is 0.225 e. The molecule has 6 heteroatoms. The van der Waals surface area contributed by atoms with Crippen LogP contribution >= 0.6 is 0 Å². The van der Waals surface area contributed by atoms with E-state index in [9.17, 15) is 0 Å². The molecule has 0 unspecified atom stereocenters. The third kappa shape index (κ3) is 5.40. The zero-order valence-corrected chi connectivity index (χ0v) is 12.6. The van der Waals surface area contributed by atoms with Crippen molar-refractivity contribution in [2.45, 2.75) is 27.4 Å². The quantitative estimate of drug-likeness (QED) is 0.650. The molecule has 6 nitrogen and oxygen atoms in total. The van der Waals surface area contributed by atoms with Gasteiger partial charge < -0.3 is 19.5 Å². The fourth-order valence-electron chi connectivity index (χ4n) is 1.74. The maximum atomic E-state index is 9.16. The maximum absolute atomic E-state index is 9.16. The first kappa shape index (κ1) is 16.8. The van der Waals surface area contributed by atoms with Crippen molar-refractivity contribution in [1.82, 2.24) is 9.97 Å². The van der Waals surface area contributed by atoms with Gasteiger partial charge in [-0.25, -0.2) is 9.97 Å². The summed E-state index contributed by atoms with van der Waals surface area (Å²) in [6.45, 7) is 9.88. The topological polar surface area (TPSA) is 67.7 Å². The van der Waals surface area contributed by atoms with Crippen molar-refractivity contribution in [2.75, 3.05) is 44.4 Å². The van der Waals surface area contributed by atoms with Crippen LogP contribution in [-0.2, 0) is 16.1 Å². The Balaban J connectivity index is 2.71. The molecule has 0 spiro atoms. The fraction of sp³-hybridized carbons (Fsp3) is 0.714. The molecule has 20 heavy (non-hydrogen) atoms. The number of ether oxygens (including phenoxy) is 2. The molecule has 0 aliphatic heterocycles. The number of rotatable bonds is 10. The normalized spacial score (nSPS) is 10.8. The Bertz CT molecular complexity index is 378. The third-order valence-electron chi connectivity index (χ3n) is 2.94. The Morgan fingerprint density at radius 2 is 1.75 bits per heavy atom. The molecule has 0 saturated heterocycles. The summed E-state index contributed by atoms with van der Waals surface area (Å²) < 4.78 is 10.8. The van der Waals surface area contributed by atoms with Gasteiger partial charge in [-0.15, -0.1) is 0 Å². The molecule has 0 aromatic carbocycles. The van der Waals surface area contributed by atoms with E-state index in [2.05, 4.69) is 9.97 Å². The monoisotopic (exact) mass is 283 g/mol. The van der Waals surface area contributed by atoms with Gasteiger partial charge in [0.15, 0.2) is 0 Å². The van der Waals surface area contributed by atoms with Crippen molar-refractivity contribution in [2.24, 2.45) is 0 Å². The van der Waals surface area contributed by atoms with Crippen molar-refractivity contribution in [3.05, 3.63) is 17.5 Å². The first-order valence-electron chi connectivity index (χ1n) is 7.06. The molecule has 0 aliphatic rings. The van der Waals surface area contributed by atoms with E-state index in [1.165, 1.54) is 0 Å². The summed E-state index contributed by atoms with van der Waals surface area (Å²) >= 11 is 0. The van der Waals surface area contributed by atoms with Crippen LogP contribution in [0.25, 0.3) is 0 Å². The summed E-state index contributed by atoms with van der Waals surface area (Å²) in [4.78, 5) is 10.8. The van der Waals surface area contributed by atoms with Gasteiger partial charge in [-0.1, -0.05) is 0 Å². The summed E-state index contributed by atoms with van der Waals surface area (Å²) in [5.41, 5.74) is 1.55. The highest BCUT2D eigenvalue weighted by atomic mass is 16.5. The second-order valence-corrected chi connectivity index (χ2v) is 4.32. The molecule has 0 saturated carbocycles. The van der Waals surface area contributed by atoms with E-state index in [1.807, 2.05) is 25.7 Å². The van der Waals surface area contributed by atoms with E-state index in [4.69, 9.17) is 14.6 Å².